The molecule has 0 spiro atoms. The Morgan fingerprint density at radius 2 is 1.79 bits per heavy atom. The van der Waals surface area contributed by atoms with E-state index in [0.717, 1.165) is 24.2 Å². The molecule has 100 valence electrons. The molecule has 0 radical (unpaired) electrons. The van der Waals surface area contributed by atoms with Gasteiger partial charge in [-0.2, -0.15) is 0 Å². The molecule has 0 unspecified atom stereocenters. The van der Waals surface area contributed by atoms with Crippen LogP contribution in [0.2, 0.25) is 5.02 Å². The average molecular weight is 295 g/mol. The molecule has 0 bridgehead atoms. The van der Waals surface area contributed by atoms with E-state index in [2.05, 4.69) is 19.1 Å². The maximum Gasteiger partial charge on any atom is 0.133 e. The maximum atomic E-state index is 5.98. The first kappa shape index (κ1) is 14.2. The van der Waals surface area contributed by atoms with Gasteiger partial charge >= 0.3 is 0 Å². The van der Waals surface area contributed by atoms with Crippen molar-refractivity contribution in [1.29, 1.82) is 0 Å². The zero-order valence-corrected chi connectivity index (χ0v) is 12.3. The third kappa shape index (κ3) is 3.89. The summed E-state index contributed by atoms with van der Waals surface area (Å²) in [5, 5.41) is 0.645. The lowest BCUT2D eigenvalue weighted by molar-refractivity contribution is 0.478. The number of aryl methyl sites for hydroxylation is 1. The highest BCUT2D eigenvalue weighted by molar-refractivity contribution is 6.30. The molecule has 2 aromatic carbocycles. The number of hydrogen-bond donors (Lipinski definition) is 0. The quantitative estimate of drug-likeness (QED) is 0.631. The Morgan fingerprint density at radius 1 is 1.05 bits per heavy atom. The Kier molecular flexibility index (Phi) is 5.12. The lowest BCUT2D eigenvalue weighted by Crippen LogP contribution is -1.90. The Labute approximate surface area is 124 Å². The molecule has 0 aliphatic heterocycles. The minimum Gasteiger partial charge on any atom is -0.457 e. The van der Waals surface area contributed by atoms with Crippen LogP contribution in [0.25, 0.3) is 0 Å². The van der Waals surface area contributed by atoms with Crippen molar-refractivity contribution >= 4 is 23.2 Å². The summed E-state index contributed by atoms with van der Waals surface area (Å²) >= 11 is 11.9. The van der Waals surface area contributed by atoms with Gasteiger partial charge in [-0.05, 0) is 36.2 Å². The van der Waals surface area contributed by atoms with Crippen molar-refractivity contribution in [3.63, 3.8) is 0 Å². The molecule has 2 aromatic rings. The summed E-state index contributed by atoms with van der Waals surface area (Å²) in [5.74, 6) is 1.92. The third-order valence-corrected chi connectivity index (χ3v) is 3.39. The molecule has 0 aromatic heterocycles. The van der Waals surface area contributed by atoms with E-state index >= 15 is 0 Å². The fraction of sp³-hybridized carbons (Fsp3) is 0.250. The van der Waals surface area contributed by atoms with Crippen LogP contribution in [-0.2, 0) is 12.3 Å². The van der Waals surface area contributed by atoms with Crippen LogP contribution in [0.4, 0.5) is 0 Å². The molecule has 0 atom stereocenters. The minimum atomic E-state index is 0.403. The summed E-state index contributed by atoms with van der Waals surface area (Å²) in [6.45, 7) is 2.17. The van der Waals surface area contributed by atoms with Gasteiger partial charge in [-0.3, -0.25) is 0 Å². The molecule has 19 heavy (non-hydrogen) atoms. The highest BCUT2D eigenvalue weighted by Gasteiger charge is 2.05. The summed E-state index contributed by atoms with van der Waals surface area (Å²) < 4.78 is 5.85. The van der Waals surface area contributed by atoms with E-state index in [1.807, 2.05) is 24.3 Å². The Hall–Kier alpha value is -1.18. The summed E-state index contributed by atoms with van der Waals surface area (Å²) in [6, 6.07) is 13.6. The zero-order valence-electron chi connectivity index (χ0n) is 10.8. The third-order valence-electron chi connectivity index (χ3n) is 2.86. The van der Waals surface area contributed by atoms with Gasteiger partial charge in [0.1, 0.15) is 11.5 Å². The SMILES string of the molecule is CCCc1ccc(Oc2cc(Cl)ccc2CCl)cc1. The number of benzene rings is 2. The van der Waals surface area contributed by atoms with E-state index in [-0.39, 0.29) is 0 Å². The van der Waals surface area contributed by atoms with Gasteiger partial charge in [0.2, 0.25) is 0 Å². The van der Waals surface area contributed by atoms with Crippen LogP contribution >= 0.6 is 23.2 Å². The van der Waals surface area contributed by atoms with Crippen molar-refractivity contribution in [2.24, 2.45) is 0 Å². The van der Waals surface area contributed by atoms with Crippen molar-refractivity contribution in [2.75, 3.05) is 0 Å². The van der Waals surface area contributed by atoms with Crippen LogP contribution in [0, 0.1) is 0 Å². The van der Waals surface area contributed by atoms with Gasteiger partial charge in [0.15, 0.2) is 0 Å². The van der Waals surface area contributed by atoms with Crippen LogP contribution in [-0.4, -0.2) is 0 Å². The normalized spacial score (nSPS) is 10.5. The average Bonchev–Trinajstić information content (AvgIpc) is 2.42. The first-order chi connectivity index (χ1) is 9.22. The van der Waals surface area contributed by atoms with Crippen molar-refractivity contribution < 1.29 is 4.74 Å². The van der Waals surface area contributed by atoms with Crippen molar-refractivity contribution in [3.8, 4) is 11.5 Å². The summed E-state index contributed by atoms with van der Waals surface area (Å²) in [6.07, 6.45) is 2.23. The van der Waals surface area contributed by atoms with E-state index in [4.69, 9.17) is 27.9 Å². The summed E-state index contributed by atoms with van der Waals surface area (Å²) in [4.78, 5) is 0. The topological polar surface area (TPSA) is 9.23 Å². The van der Waals surface area contributed by atoms with Gasteiger partial charge in [-0.15, -0.1) is 11.6 Å². The second-order valence-corrected chi connectivity index (χ2v) is 5.09. The van der Waals surface area contributed by atoms with Crippen LogP contribution in [0.1, 0.15) is 24.5 Å². The molecule has 2 rings (SSSR count). The molecular weight excluding hydrogens is 279 g/mol. The number of halogens is 2. The van der Waals surface area contributed by atoms with Crippen molar-refractivity contribution in [1.82, 2.24) is 0 Å². The minimum absolute atomic E-state index is 0.403. The molecule has 0 aliphatic rings. The predicted molar refractivity (Wildman–Crippen MR) is 81.5 cm³/mol. The first-order valence-electron chi connectivity index (χ1n) is 6.34. The van der Waals surface area contributed by atoms with E-state index in [1.54, 1.807) is 6.07 Å². The molecule has 0 saturated carbocycles. The molecule has 0 N–H and O–H groups in total. The summed E-state index contributed by atoms with van der Waals surface area (Å²) in [7, 11) is 0. The maximum absolute atomic E-state index is 5.98. The highest BCUT2D eigenvalue weighted by atomic mass is 35.5. The predicted octanol–water partition coefficient (Wildman–Crippen LogP) is 5.82. The van der Waals surface area contributed by atoms with Gasteiger partial charge < -0.3 is 4.74 Å². The van der Waals surface area contributed by atoms with Crippen LogP contribution in [0.15, 0.2) is 42.5 Å². The molecule has 1 nitrogen and oxygen atoms in total. The zero-order chi connectivity index (χ0) is 13.7. The van der Waals surface area contributed by atoms with Crippen molar-refractivity contribution in [3.05, 3.63) is 58.6 Å². The van der Waals surface area contributed by atoms with Gasteiger partial charge in [0.25, 0.3) is 0 Å². The van der Waals surface area contributed by atoms with Crippen molar-refractivity contribution in [2.45, 2.75) is 25.6 Å². The van der Waals surface area contributed by atoms with Gasteiger partial charge in [-0.25, -0.2) is 0 Å². The Bertz CT molecular complexity index is 535. The lowest BCUT2D eigenvalue weighted by Gasteiger charge is -2.10. The molecule has 3 heteroatoms. The second-order valence-electron chi connectivity index (χ2n) is 4.38. The van der Waals surface area contributed by atoms with Crippen LogP contribution in [0.3, 0.4) is 0 Å². The number of ether oxygens (including phenoxy) is 1. The number of rotatable bonds is 5. The molecular formula is C16H16Cl2O. The van der Waals surface area contributed by atoms with E-state index in [1.165, 1.54) is 5.56 Å². The molecule has 0 heterocycles. The van der Waals surface area contributed by atoms with Crippen LogP contribution < -0.4 is 4.74 Å². The van der Waals surface area contributed by atoms with E-state index in [9.17, 15) is 0 Å². The van der Waals surface area contributed by atoms with Gasteiger partial charge in [-0.1, -0.05) is 43.1 Å². The second kappa shape index (κ2) is 6.83. The van der Waals surface area contributed by atoms with E-state index in [0.29, 0.717) is 16.7 Å². The Morgan fingerprint density at radius 3 is 2.42 bits per heavy atom. The largest absolute Gasteiger partial charge is 0.457 e. The number of hydrogen-bond acceptors (Lipinski definition) is 1. The number of alkyl halides is 1. The van der Waals surface area contributed by atoms with Crippen LogP contribution in [0.5, 0.6) is 11.5 Å². The van der Waals surface area contributed by atoms with E-state index < -0.39 is 0 Å². The fourth-order valence-corrected chi connectivity index (χ4v) is 2.26. The fourth-order valence-electron chi connectivity index (χ4n) is 1.87. The van der Waals surface area contributed by atoms with Gasteiger partial charge in [0.05, 0.1) is 5.88 Å². The standard InChI is InChI=1S/C16H16Cl2O/c1-2-3-12-4-8-15(9-5-12)19-16-10-14(18)7-6-13(16)11-17/h4-10H,2-3,11H2,1H3. The highest BCUT2D eigenvalue weighted by Crippen LogP contribution is 2.29. The first-order valence-corrected chi connectivity index (χ1v) is 7.25. The molecule has 0 amide bonds. The smallest absolute Gasteiger partial charge is 0.133 e. The van der Waals surface area contributed by atoms with Gasteiger partial charge in [0, 0.05) is 10.6 Å². The monoisotopic (exact) mass is 294 g/mol. The summed E-state index contributed by atoms with van der Waals surface area (Å²) in [5.41, 5.74) is 2.25. The lowest BCUT2D eigenvalue weighted by atomic mass is 10.1. The molecule has 0 saturated heterocycles. The molecule has 0 aliphatic carbocycles. The molecule has 0 fully saturated rings. The Balaban J connectivity index is 2.18.